The fourth-order valence-electron chi connectivity index (χ4n) is 2.53. The maximum Gasteiger partial charge on any atom is 0.269 e. The molecule has 1 heterocycles. The number of rotatable bonds is 3. The van der Waals surface area contributed by atoms with Crippen LogP contribution in [0.2, 0.25) is 0 Å². The molecule has 1 aliphatic heterocycles. The van der Waals surface area contributed by atoms with E-state index >= 15 is 0 Å². The van der Waals surface area contributed by atoms with Gasteiger partial charge in [-0.25, -0.2) is 0 Å². The number of nitrogens with zero attached hydrogens (tertiary/aromatic N) is 2. The first-order valence-corrected chi connectivity index (χ1v) is 7.30. The summed E-state index contributed by atoms with van der Waals surface area (Å²) >= 11 is 0. The summed E-state index contributed by atoms with van der Waals surface area (Å²) in [5, 5.41) is 10.7. The summed E-state index contributed by atoms with van der Waals surface area (Å²) in [5.74, 6) is 0. The molecule has 0 aliphatic carbocycles. The minimum absolute atomic E-state index is 0.0866. The highest BCUT2D eigenvalue weighted by atomic mass is 16.7. The van der Waals surface area contributed by atoms with Crippen molar-refractivity contribution in [1.29, 1.82) is 0 Å². The highest BCUT2D eigenvalue weighted by Crippen LogP contribution is 2.28. The second kappa shape index (κ2) is 5.97. The largest absolute Gasteiger partial charge is 0.269 e. The van der Waals surface area contributed by atoms with Gasteiger partial charge >= 0.3 is 0 Å². The lowest BCUT2D eigenvalue weighted by atomic mass is 10.0. The third-order valence-corrected chi connectivity index (χ3v) is 3.76. The van der Waals surface area contributed by atoms with Gasteiger partial charge in [-0.2, -0.15) is 0 Å². The van der Waals surface area contributed by atoms with Crippen molar-refractivity contribution < 1.29 is 14.5 Å². The molecule has 0 saturated carbocycles. The van der Waals surface area contributed by atoms with Gasteiger partial charge in [-0.05, 0) is 18.6 Å². The molecule has 112 valence electrons. The van der Waals surface area contributed by atoms with E-state index in [-0.39, 0.29) is 11.8 Å². The highest BCUT2D eigenvalue weighted by Gasteiger charge is 2.29. The first-order chi connectivity index (χ1) is 10.7. The highest BCUT2D eigenvalue weighted by molar-refractivity contribution is 5.77. The summed E-state index contributed by atoms with van der Waals surface area (Å²) in [5.41, 5.74) is 3.21. The van der Waals surface area contributed by atoms with Crippen molar-refractivity contribution in [1.82, 2.24) is 0 Å². The topological polar surface area (TPSA) is 55.4 Å². The Balaban J connectivity index is 1.97. The van der Waals surface area contributed by atoms with Crippen LogP contribution in [0.15, 0.2) is 48.5 Å². The first-order valence-electron chi connectivity index (χ1n) is 7.30. The summed E-state index contributed by atoms with van der Waals surface area (Å²) < 4.78 is 1.77. The molecule has 0 spiro atoms. The molecule has 22 heavy (non-hydrogen) atoms. The van der Waals surface area contributed by atoms with E-state index in [0.717, 1.165) is 24.1 Å². The lowest BCUT2D eigenvalue weighted by molar-refractivity contribution is -0.742. The van der Waals surface area contributed by atoms with E-state index in [1.54, 1.807) is 16.9 Å². The van der Waals surface area contributed by atoms with Gasteiger partial charge in [0.2, 0.25) is 6.21 Å². The predicted octanol–water partition coefficient (Wildman–Crippen LogP) is 3.62. The Bertz CT molecular complexity index is 723. The summed E-state index contributed by atoms with van der Waals surface area (Å²) in [6, 6.07) is 14.6. The van der Waals surface area contributed by atoms with Crippen molar-refractivity contribution in [2.24, 2.45) is 0 Å². The van der Waals surface area contributed by atoms with Gasteiger partial charge in [-0.1, -0.05) is 25.1 Å². The van der Waals surface area contributed by atoms with Crippen molar-refractivity contribution >= 4 is 17.6 Å². The van der Waals surface area contributed by atoms with Crippen LogP contribution in [0.25, 0.3) is 0 Å². The van der Waals surface area contributed by atoms with Crippen LogP contribution in [0.5, 0.6) is 0 Å². The van der Waals surface area contributed by atoms with Crippen molar-refractivity contribution in [2.75, 3.05) is 0 Å². The number of para-hydroxylation sites is 1. The molecule has 0 N–H and O–H groups in total. The fourth-order valence-corrected chi connectivity index (χ4v) is 2.53. The van der Waals surface area contributed by atoms with Crippen LogP contribution < -0.4 is 0 Å². The van der Waals surface area contributed by atoms with Crippen LogP contribution in [-0.4, -0.2) is 22.0 Å². The van der Waals surface area contributed by atoms with Crippen LogP contribution >= 0.6 is 0 Å². The molecule has 5 nitrogen and oxygen atoms in total. The molecule has 2 aromatic rings. The molecule has 0 fully saturated rings. The standard InChI is InChI=1S/C17H17N2O3/c1-2-16-11-14-5-3-4-6-17(14)18(22-16)12-13-7-9-15(10-8-13)19(20)21/h3-10,12,16H,2,11H2,1H3/q+1/b18-12-. The maximum atomic E-state index is 10.7. The molecule has 2 aromatic carbocycles. The third kappa shape index (κ3) is 2.83. The van der Waals surface area contributed by atoms with Crippen molar-refractivity contribution in [3.63, 3.8) is 0 Å². The number of benzene rings is 2. The maximum absolute atomic E-state index is 10.7. The van der Waals surface area contributed by atoms with E-state index in [1.165, 1.54) is 17.7 Å². The van der Waals surface area contributed by atoms with E-state index in [4.69, 9.17) is 4.84 Å². The molecule has 0 amide bonds. The van der Waals surface area contributed by atoms with Gasteiger partial charge in [-0.15, -0.1) is 0 Å². The molecular formula is C17H17N2O3+. The average Bonchev–Trinajstić information content (AvgIpc) is 2.55. The molecular weight excluding hydrogens is 280 g/mol. The van der Waals surface area contributed by atoms with Crippen LogP contribution in [0.3, 0.4) is 0 Å². The van der Waals surface area contributed by atoms with E-state index < -0.39 is 4.92 Å². The van der Waals surface area contributed by atoms with Gasteiger partial charge < -0.3 is 0 Å². The second-order valence-electron chi connectivity index (χ2n) is 5.27. The number of nitro groups is 1. The van der Waals surface area contributed by atoms with Gasteiger partial charge in [0.25, 0.3) is 11.4 Å². The molecule has 0 saturated heterocycles. The Morgan fingerprint density at radius 2 is 2.00 bits per heavy atom. The summed E-state index contributed by atoms with van der Waals surface area (Å²) in [6.07, 6.45) is 3.84. The molecule has 0 aromatic heterocycles. The Morgan fingerprint density at radius 3 is 2.68 bits per heavy atom. The Morgan fingerprint density at radius 1 is 1.27 bits per heavy atom. The molecule has 0 bridgehead atoms. The third-order valence-electron chi connectivity index (χ3n) is 3.76. The Hall–Kier alpha value is -2.69. The van der Waals surface area contributed by atoms with Crippen molar-refractivity contribution in [3.8, 4) is 0 Å². The zero-order valence-electron chi connectivity index (χ0n) is 12.3. The summed E-state index contributed by atoms with van der Waals surface area (Å²) in [7, 11) is 0. The van der Waals surface area contributed by atoms with Gasteiger partial charge in [-0.3, -0.25) is 15.0 Å². The molecule has 5 heteroatoms. The van der Waals surface area contributed by atoms with Gasteiger partial charge in [0, 0.05) is 40.5 Å². The zero-order chi connectivity index (χ0) is 15.5. The van der Waals surface area contributed by atoms with Crippen LogP contribution in [-0.2, 0) is 11.3 Å². The van der Waals surface area contributed by atoms with Crippen LogP contribution in [0.4, 0.5) is 11.4 Å². The summed E-state index contributed by atoms with van der Waals surface area (Å²) in [6.45, 7) is 2.10. The number of non-ortho nitro benzene ring substituents is 1. The van der Waals surface area contributed by atoms with E-state index in [9.17, 15) is 10.1 Å². The van der Waals surface area contributed by atoms with Crippen molar-refractivity contribution in [2.45, 2.75) is 25.9 Å². The number of hydrogen-bond donors (Lipinski definition) is 0. The molecule has 3 rings (SSSR count). The van der Waals surface area contributed by atoms with E-state index in [0.29, 0.717) is 0 Å². The van der Waals surface area contributed by atoms with E-state index in [2.05, 4.69) is 13.0 Å². The zero-order valence-corrected chi connectivity index (χ0v) is 12.3. The Labute approximate surface area is 128 Å². The van der Waals surface area contributed by atoms with Gasteiger partial charge in [0.1, 0.15) is 0 Å². The normalized spacial score (nSPS) is 18.6. The number of nitro benzene ring substituents is 1. The predicted molar refractivity (Wildman–Crippen MR) is 83.5 cm³/mol. The first kappa shape index (κ1) is 14.3. The lowest BCUT2D eigenvalue weighted by Gasteiger charge is -2.19. The number of hydrogen-bond acceptors (Lipinski definition) is 3. The smallest absolute Gasteiger partial charge is 0.267 e. The average molecular weight is 297 g/mol. The fraction of sp³-hybridized carbons (Fsp3) is 0.235. The Kier molecular flexibility index (Phi) is 3.87. The molecule has 1 unspecified atom stereocenters. The lowest BCUT2D eigenvalue weighted by Crippen LogP contribution is -2.27. The van der Waals surface area contributed by atoms with Gasteiger partial charge in [0.05, 0.1) is 4.92 Å². The molecule has 1 atom stereocenters. The molecule has 1 aliphatic rings. The monoisotopic (exact) mass is 297 g/mol. The SMILES string of the molecule is CCC1Cc2ccccc2/[N+](=C/c2ccc([N+](=O)[O-])cc2)O1. The quantitative estimate of drug-likeness (QED) is 0.494. The van der Waals surface area contributed by atoms with Crippen LogP contribution in [0, 0.1) is 10.1 Å². The molecule has 0 radical (unpaired) electrons. The summed E-state index contributed by atoms with van der Waals surface area (Å²) in [4.78, 5) is 16.3. The minimum atomic E-state index is -0.399. The minimum Gasteiger partial charge on any atom is -0.267 e. The second-order valence-corrected chi connectivity index (χ2v) is 5.27. The van der Waals surface area contributed by atoms with E-state index in [1.807, 2.05) is 24.4 Å². The van der Waals surface area contributed by atoms with Gasteiger partial charge in [0.15, 0.2) is 6.10 Å². The number of fused-ring (bicyclic) bond motifs is 1. The van der Waals surface area contributed by atoms with Crippen LogP contribution in [0.1, 0.15) is 24.5 Å². The van der Waals surface area contributed by atoms with Crippen molar-refractivity contribution in [3.05, 3.63) is 69.8 Å².